The minimum atomic E-state index is -0.325. The van der Waals surface area contributed by atoms with E-state index in [9.17, 15) is 14.7 Å². The topological polar surface area (TPSA) is 102 Å². The first-order valence-electron chi connectivity index (χ1n) is 6.91. The van der Waals surface area contributed by atoms with E-state index >= 15 is 0 Å². The molecule has 3 N–H and O–H groups in total. The summed E-state index contributed by atoms with van der Waals surface area (Å²) < 4.78 is 0. The average molecular weight is 309 g/mol. The van der Waals surface area contributed by atoms with Gasteiger partial charge in [0.05, 0.1) is 6.07 Å². The largest absolute Gasteiger partial charge is 0.508 e. The predicted molar refractivity (Wildman–Crippen MR) is 84.6 cm³/mol. The van der Waals surface area contributed by atoms with Gasteiger partial charge in [0.2, 0.25) is 5.91 Å². The number of hydrogen-bond acceptors (Lipinski definition) is 4. The van der Waals surface area contributed by atoms with Crippen LogP contribution in [-0.2, 0) is 11.3 Å². The number of carbonyl (C=O) groups is 2. The third-order valence-electron chi connectivity index (χ3n) is 3.05. The molecule has 0 saturated heterocycles. The molecule has 23 heavy (non-hydrogen) atoms. The molecule has 0 aromatic heterocycles. The molecule has 0 aliphatic rings. The molecule has 2 aromatic carbocycles. The van der Waals surface area contributed by atoms with Gasteiger partial charge in [-0.1, -0.05) is 18.2 Å². The van der Waals surface area contributed by atoms with E-state index in [4.69, 9.17) is 5.26 Å². The Morgan fingerprint density at radius 3 is 2.52 bits per heavy atom. The van der Waals surface area contributed by atoms with Crippen LogP contribution in [0.3, 0.4) is 0 Å². The molecule has 0 radical (unpaired) electrons. The van der Waals surface area contributed by atoms with Crippen molar-refractivity contribution in [3.8, 4) is 11.8 Å². The van der Waals surface area contributed by atoms with Crippen LogP contribution in [0.5, 0.6) is 5.75 Å². The maximum Gasteiger partial charge on any atom is 0.255 e. The SMILES string of the molecule is N#CCC(=O)NCc1ccc(NC(=O)c2cccc(O)c2)cc1. The summed E-state index contributed by atoms with van der Waals surface area (Å²) in [6.07, 6.45) is -0.169. The van der Waals surface area contributed by atoms with Crippen LogP contribution in [0.1, 0.15) is 22.3 Å². The van der Waals surface area contributed by atoms with Gasteiger partial charge in [-0.15, -0.1) is 0 Å². The fourth-order valence-electron chi connectivity index (χ4n) is 1.89. The Kier molecular flexibility index (Phi) is 5.31. The summed E-state index contributed by atoms with van der Waals surface area (Å²) in [7, 11) is 0. The number of carbonyl (C=O) groups excluding carboxylic acids is 2. The summed E-state index contributed by atoms with van der Waals surface area (Å²) in [5, 5.41) is 23.1. The van der Waals surface area contributed by atoms with Crippen molar-refractivity contribution < 1.29 is 14.7 Å². The van der Waals surface area contributed by atoms with Gasteiger partial charge in [0, 0.05) is 17.8 Å². The summed E-state index contributed by atoms with van der Waals surface area (Å²) >= 11 is 0. The molecule has 116 valence electrons. The highest BCUT2D eigenvalue weighted by atomic mass is 16.3. The van der Waals surface area contributed by atoms with Crippen LogP contribution in [0.15, 0.2) is 48.5 Å². The smallest absolute Gasteiger partial charge is 0.255 e. The zero-order valence-electron chi connectivity index (χ0n) is 12.2. The number of aromatic hydroxyl groups is 1. The second-order valence-electron chi connectivity index (χ2n) is 4.81. The maximum atomic E-state index is 12.0. The Labute approximate surface area is 133 Å². The van der Waals surface area contributed by atoms with Crippen molar-refractivity contribution in [2.75, 3.05) is 5.32 Å². The lowest BCUT2D eigenvalue weighted by Crippen LogP contribution is -2.21. The number of benzene rings is 2. The normalized spacial score (nSPS) is 9.70. The maximum absolute atomic E-state index is 12.0. The van der Waals surface area contributed by atoms with Crippen LogP contribution in [-0.4, -0.2) is 16.9 Å². The molecule has 0 fully saturated rings. The molecule has 2 rings (SSSR count). The van der Waals surface area contributed by atoms with Crippen LogP contribution >= 0.6 is 0 Å². The zero-order valence-corrected chi connectivity index (χ0v) is 12.2. The van der Waals surface area contributed by atoms with Crippen LogP contribution < -0.4 is 10.6 Å². The van der Waals surface area contributed by atoms with Crippen LogP contribution in [0.25, 0.3) is 0 Å². The van der Waals surface area contributed by atoms with Gasteiger partial charge < -0.3 is 15.7 Å². The molecule has 0 aliphatic carbocycles. The molecular formula is C17H15N3O3. The second-order valence-corrected chi connectivity index (χ2v) is 4.81. The van der Waals surface area contributed by atoms with Crippen molar-refractivity contribution in [1.29, 1.82) is 5.26 Å². The third kappa shape index (κ3) is 4.86. The molecule has 2 amide bonds. The molecular weight excluding hydrogens is 294 g/mol. The van der Waals surface area contributed by atoms with Crippen LogP contribution in [0.4, 0.5) is 5.69 Å². The standard InChI is InChI=1S/C17H15N3O3/c18-9-8-16(22)19-11-12-4-6-14(7-5-12)20-17(23)13-2-1-3-15(21)10-13/h1-7,10,21H,8,11H2,(H,19,22)(H,20,23). The Morgan fingerprint density at radius 2 is 1.87 bits per heavy atom. The first-order chi connectivity index (χ1) is 11.1. The van der Waals surface area contributed by atoms with Gasteiger partial charge >= 0.3 is 0 Å². The molecule has 0 saturated carbocycles. The zero-order chi connectivity index (χ0) is 16.7. The molecule has 0 spiro atoms. The molecule has 2 aromatic rings. The lowest BCUT2D eigenvalue weighted by molar-refractivity contribution is -0.120. The molecule has 0 unspecified atom stereocenters. The van der Waals surface area contributed by atoms with Crippen LogP contribution in [0.2, 0.25) is 0 Å². The summed E-state index contributed by atoms with van der Waals surface area (Å²) in [4.78, 5) is 23.2. The molecule has 0 heterocycles. The van der Waals surface area contributed by atoms with Crippen LogP contribution in [0, 0.1) is 11.3 Å². The van der Waals surface area contributed by atoms with E-state index in [1.165, 1.54) is 12.1 Å². The number of nitrogens with one attached hydrogen (secondary N) is 2. The number of phenolic OH excluding ortho intramolecular Hbond substituents is 1. The fourth-order valence-corrected chi connectivity index (χ4v) is 1.89. The quantitative estimate of drug-likeness (QED) is 0.787. The summed E-state index contributed by atoms with van der Waals surface area (Å²) in [6, 6.07) is 14.8. The van der Waals surface area contributed by atoms with Crippen molar-refractivity contribution in [2.45, 2.75) is 13.0 Å². The Hall–Kier alpha value is -3.33. The highest BCUT2D eigenvalue weighted by Crippen LogP contribution is 2.14. The minimum Gasteiger partial charge on any atom is -0.508 e. The second kappa shape index (κ2) is 7.61. The summed E-state index contributed by atoms with van der Waals surface area (Å²) in [5.74, 6) is -0.620. The molecule has 6 nitrogen and oxygen atoms in total. The first-order valence-corrected chi connectivity index (χ1v) is 6.91. The van der Waals surface area contributed by atoms with Gasteiger partial charge in [0.25, 0.3) is 5.91 Å². The Bertz CT molecular complexity index is 748. The van der Waals surface area contributed by atoms with Crippen molar-refractivity contribution in [1.82, 2.24) is 5.32 Å². The molecule has 0 aliphatic heterocycles. The van der Waals surface area contributed by atoms with Crippen molar-refractivity contribution >= 4 is 17.5 Å². The average Bonchev–Trinajstić information content (AvgIpc) is 2.54. The van der Waals surface area contributed by atoms with Crippen molar-refractivity contribution in [3.05, 3.63) is 59.7 Å². The van der Waals surface area contributed by atoms with E-state index < -0.39 is 0 Å². The number of phenols is 1. The van der Waals surface area contributed by atoms with Gasteiger partial charge in [-0.3, -0.25) is 9.59 Å². The van der Waals surface area contributed by atoms with Gasteiger partial charge in [0.15, 0.2) is 0 Å². The third-order valence-corrected chi connectivity index (χ3v) is 3.05. The van der Waals surface area contributed by atoms with Crippen molar-refractivity contribution in [3.63, 3.8) is 0 Å². The molecule has 0 atom stereocenters. The van der Waals surface area contributed by atoms with Gasteiger partial charge in [0.1, 0.15) is 12.2 Å². The lowest BCUT2D eigenvalue weighted by Gasteiger charge is -2.07. The van der Waals surface area contributed by atoms with E-state index in [1.807, 2.05) is 0 Å². The number of amides is 2. The molecule has 6 heteroatoms. The number of hydrogen-bond donors (Lipinski definition) is 3. The number of nitrogens with zero attached hydrogens (tertiary/aromatic N) is 1. The fraction of sp³-hybridized carbons (Fsp3) is 0.118. The summed E-state index contributed by atoms with van der Waals surface area (Å²) in [6.45, 7) is 0.321. The number of rotatable bonds is 5. The Balaban J connectivity index is 1.93. The van der Waals surface area contributed by atoms with E-state index in [0.717, 1.165) is 5.56 Å². The van der Waals surface area contributed by atoms with Crippen molar-refractivity contribution in [2.24, 2.45) is 0 Å². The number of nitriles is 1. The number of anilines is 1. The summed E-state index contributed by atoms with van der Waals surface area (Å²) in [5.41, 5.74) is 1.81. The predicted octanol–water partition coefficient (Wildman–Crippen LogP) is 2.17. The molecule has 0 bridgehead atoms. The van der Waals surface area contributed by atoms with Gasteiger partial charge in [-0.05, 0) is 35.9 Å². The highest BCUT2D eigenvalue weighted by Gasteiger charge is 2.07. The first kappa shape index (κ1) is 16.0. The minimum absolute atomic E-state index is 0.0288. The monoisotopic (exact) mass is 309 g/mol. The van der Waals surface area contributed by atoms with E-state index in [0.29, 0.717) is 17.8 Å². The Morgan fingerprint density at radius 1 is 1.13 bits per heavy atom. The lowest BCUT2D eigenvalue weighted by atomic mass is 10.1. The highest BCUT2D eigenvalue weighted by molar-refractivity contribution is 6.04. The van der Waals surface area contributed by atoms with E-state index in [1.54, 1.807) is 42.5 Å². The van der Waals surface area contributed by atoms with E-state index in [2.05, 4.69) is 10.6 Å². The van der Waals surface area contributed by atoms with Gasteiger partial charge in [-0.2, -0.15) is 5.26 Å². The van der Waals surface area contributed by atoms with E-state index in [-0.39, 0.29) is 24.0 Å². The van der Waals surface area contributed by atoms with Gasteiger partial charge in [-0.25, -0.2) is 0 Å².